The summed E-state index contributed by atoms with van der Waals surface area (Å²) in [6.07, 6.45) is 0.719. The second-order valence-electron chi connectivity index (χ2n) is 5.19. The molecule has 20 heavy (non-hydrogen) atoms. The minimum Gasteiger partial charge on any atom is -0.461 e. The first-order chi connectivity index (χ1) is 9.51. The number of carbonyl (C=O) groups excluding carboxylic acids is 2. The highest BCUT2D eigenvalue weighted by atomic mass is 16.6. The van der Waals surface area contributed by atoms with E-state index in [4.69, 9.17) is 4.74 Å². The smallest absolute Gasteiger partial charge is 0.323 e. The van der Waals surface area contributed by atoms with Crippen molar-refractivity contribution in [3.63, 3.8) is 0 Å². The Bertz CT molecular complexity index is 498. The first-order valence-corrected chi connectivity index (χ1v) is 6.73. The van der Waals surface area contributed by atoms with Crippen molar-refractivity contribution in [3.8, 4) is 0 Å². The topological polar surface area (TPSA) is 58.6 Å². The number of amides is 1. The van der Waals surface area contributed by atoms with Crippen LogP contribution < -0.4 is 5.32 Å². The van der Waals surface area contributed by atoms with Gasteiger partial charge in [-0.05, 0) is 31.7 Å². The lowest BCUT2D eigenvalue weighted by atomic mass is 10.1. The molecule has 1 aliphatic rings. The van der Waals surface area contributed by atoms with E-state index in [2.05, 4.69) is 5.32 Å². The third kappa shape index (κ3) is 3.17. The van der Waals surface area contributed by atoms with Crippen molar-refractivity contribution in [3.05, 3.63) is 35.4 Å². The summed E-state index contributed by atoms with van der Waals surface area (Å²) >= 11 is 0. The molecule has 0 bridgehead atoms. The van der Waals surface area contributed by atoms with Crippen LogP contribution in [0.5, 0.6) is 0 Å². The highest BCUT2D eigenvalue weighted by molar-refractivity contribution is 5.93. The Morgan fingerprint density at radius 3 is 2.55 bits per heavy atom. The number of cyclic esters (lactones) is 1. The second-order valence-corrected chi connectivity index (χ2v) is 5.19. The zero-order chi connectivity index (χ0) is 14.7. The van der Waals surface area contributed by atoms with Crippen molar-refractivity contribution in [1.29, 1.82) is 0 Å². The zero-order valence-electron chi connectivity index (χ0n) is 12.1. The number of nitrogens with one attached hydrogen (secondary N) is 1. The number of benzene rings is 1. The summed E-state index contributed by atoms with van der Waals surface area (Å²) in [6, 6.07) is 7.22. The van der Waals surface area contributed by atoms with Crippen LogP contribution in [-0.4, -0.2) is 43.0 Å². The van der Waals surface area contributed by atoms with E-state index in [1.54, 1.807) is 19.2 Å². The van der Waals surface area contributed by atoms with Gasteiger partial charge in [0.1, 0.15) is 12.1 Å². The van der Waals surface area contributed by atoms with E-state index in [9.17, 15) is 9.59 Å². The molecule has 2 rings (SSSR count). The van der Waals surface area contributed by atoms with Crippen LogP contribution >= 0.6 is 0 Å². The maximum absolute atomic E-state index is 11.7. The van der Waals surface area contributed by atoms with Gasteiger partial charge in [0, 0.05) is 25.6 Å². The van der Waals surface area contributed by atoms with Crippen LogP contribution in [-0.2, 0) is 16.1 Å². The first-order valence-electron chi connectivity index (χ1n) is 6.73. The van der Waals surface area contributed by atoms with E-state index in [0.717, 1.165) is 12.0 Å². The summed E-state index contributed by atoms with van der Waals surface area (Å²) in [7, 11) is 3.52. The Balaban J connectivity index is 1.99. The lowest BCUT2D eigenvalue weighted by Gasteiger charge is -2.21. The third-order valence-electron chi connectivity index (χ3n) is 3.55. The Kier molecular flexibility index (Phi) is 4.39. The zero-order valence-corrected chi connectivity index (χ0v) is 12.1. The minimum atomic E-state index is -0.177. The highest BCUT2D eigenvalue weighted by Crippen LogP contribution is 2.20. The lowest BCUT2D eigenvalue weighted by molar-refractivity contribution is -0.144. The van der Waals surface area contributed by atoms with E-state index < -0.39 is 0 Å². The average molecular weight is 276 g/mol. The predicted octanol–water partition coefficient (Wildman–Crippen LogP) is 1.18. The maximum Gasteiger partial charge on any atom is 0.323 e. The normalized spacial score (nSPS) is 21.9. The van der Waals surface area contributed by atoms with Gasteiger partial charge in [-0.2, -0.15) is 0 Å². The standard InChI is InChI=1S/C15H20N2O3/c1-10-8-13(15(19)20-10)17(3)9-11-4-6-12(7-5-11)14(18)16-2/h4-7,10,13H,8-9H2,1-3H3,(H,16,18)/t10-,13+/m0/s1. The molecule has 0 unspecified atom stereocenters. The molecule has 108 valence electrons. The molecule has 5 heteroatoms. The number of esters is 1. The molecule has 1 fully saturated rings. The molecule has 2 atom stereocenters. The van der Waals surface area contributed by atoms with Gasteiger partial charge in [0.2, 0.25) is 0 Å². The van der Waals surface area contributed by atoms with Crippen molar-refractivity contribution in [2.75, 3.05) is 14.1 Å². The number of ether oxygens (including phenoxy) is 1. The molecule has 1 aliphatic heterocycles. The molecule has 0 radical (unpaired) electrons. The average Bonchev–Trinajstić information content (AvgIpc) is 2.78. The summed E-state index contributed by atoms with van der Waals surface area (Å²) in [5.74, 6) is -0.250. The van der Waals surface area contributed by atoms with E-state index in [0.29, 0.717) is 12.1 Å². The number of likely N-dealkylation sites (N-methyl/N-ethyl adjacent to an activating group) is 1. The Labute approximate surface area is 118 Å². The minimum absolute atomic E-state index is 0.00873. The number of rotatable bonds is 4. The fourth-order valence-electron chi connectivity index (χ4n) is 2.40. The van der Waals surface area contributed by atoms with Crippen LogP contribution in [0, 0.1) is 0 Å². The molecule has 1 heterocycles. The summed E-state index contributed by atoms with van der Waals surface area (Å²) < 4.78 is 5.16. The molecule has 0 saturated carbocycles. The Hall–Kier alpha value is -1.88. The second kappa shape index (κ2) is 6.05. The third-order valence-corrected chi connectivity index (χ3v) is 3.55. The van der Waals surface area contributed by atoms with Crippen LogP contribution in [0.3, 0.4) is 0 Å². The number of nitrogens with zero attached hydrogens (tertiary/aromatic N) is 1. The van der Waals surface area contributed by atoms with Crippen molar-refractivity contribution in [1.82, 2.24) is 10.2 Å². The monoisotopic (exact) mass is 276 g/mol. The maximum atomic E-state index is 11.7. The quantitative estimate of drug-likeness (QED) is 0.839. The Morgan fingerprint density at radius 1 is 1.40 bits per heavy atom. The predicted molar refractivity (Wildman–Crippen MR) is 75.3 cm³/mol. The number of hydrogen-bond acceptors (Lipinski definition) is 4. The molecule has 1 N–H and O–H groups in total. The van der Waals surface area contributed by atoms with Gasteiger partial charge in [-0.15, -0.1) is 0 Å². The van der Waals surface area contributed by atoms with Gasteiger partial charge in [-0.1, -0.05) is 12.1 Å². The molecular formula is C15H20N2O3. The number of hydrogen-bond donors (Lipinski definition) is 1. The van der Waals surface area contributed by atoms with Crippen molar-refractivity contribution in [2.45, 2.75) is 32.0 Å². The van der Waals surface area contributed by atoms with E-state index in [1.165, 1.54) is 0 Å². The van der Waals surface area contributed by atoms with Gasteiger partial charge < -0.3 is 10.1 Å². The SMILES string of the molecule is CNC(=O)c1ccc(CN(C)[C@@H]2C[C@H](C)OC2=O)cc1. The molecule has 1 aromatic rings. The first kappa shape index (κ1) is 14.5. The molecular weight excluding hydrogens is 256 g/mol. The van der Waals surface area contributed by atoms with Crippen LogP contribution in [0.15, 0.2) is 24.3 Å². The van der Waals surface area contributed by atoms with Gasteiger partial charge in [0.05, 0.1) is 0 Å². The molecule has 0 aromatic heterocycles. The van der Waals surface area contributed by atoms with Crippen LogP contribution in [0.1, 0.15) is 29.3 Å². The van der Waals surface area contributed by atoms with Crippen molar-refractivity contribution < 1.29 is 14.3 Å². The fourth-order valence-corrected chi connectivity index (χ4v) is 2.40. The largest absolute Gasteiger partial charge is 0.461 e. The van der Waals surface area contributed by atoms with E-state index >= 15 is 0 Å². The highest BCUT2D eigenvalue weighted by Gasteiger charge is 2.34. The van der Waals surface area contributed by atoms with Gasteiger partial charge in [0.15, 0.2) is 0 Å². The van der Waals surface area contributed by atoms with Gasteiger partial charge >= 0.3 is 5.97 Å². The van der Waals surface area contributed by atoms with Crippen LogP contribution in [0.2, 0.25) is 0 Å². The van der Waals surface area contributed by atoms with E-state index in [-0.39, 0.29) is 24.0 Å². The number of carbonyl (C=O) groups is 2. The molecule has 1 aromatic carbocycles. The molecule has 1 amide bonds. The molecule has 5 nitrogen and oxygen atoms in total. The molecule has 0 spiro atoms. The van der Waals surface area contributed by atoms with Crippen molar-refractivity contribution >= 4 is 11.9 Å². The summed E-state index contributed by atoms with van der Waals surface area (Å²) in [5.41, 5.74) is 1.69. The fraction of sp³-hybridized carbons (Fsp3) is 0.467. The van der Waals surface area contributed by atoms with E-state index in [1.807, 2.05) is 31.0 Å². The van der Waals surface area contributed by atoms with Gasteiger partial charge in [-0.3, -0.25) is 14.5 Å². The van der Waals surface area contributed by atoms with Crippen molar-refractivity contribution in [2.24, 2.45) is 0 Å². The van der Waals surface area contributed by atoms with Gasteiger partial charge in [0.25, 0.3) is 5.91 Å². The summed E-state index contributed by atoms with van der Waals surface area (Å²) in [5, 5.41) is 2.59. The molecule has 0 aliphatic carbocycles. The molecule has 1 saturated heterocycles. The van der Waals surface area contributed by atoms with Crippen LogP contribution in [0.4, 0.5) is 0 Å². The summed E-state index contributed by atoms with van der Waals surface area (Å²) in [6.45, 7) is 2.56. The van der Waals surface area contributed by atoms with Gasteiger partial charge in [-0.25, -0.2) is 0 Å². The Morgan fingerprint density at radius 2 is 2.05 bits per heavy atom. The van der Waals surface area contributed by atoms with Crippen LogP contribution in [0.25, 0.3) is 0 Å². The summed E-state index contributed by atoms with van der Waals surface area (Å²) in [4.78, 5) is 25.1. The lowest BCUT2D eigenvalue weighted by Crippen LogP contribution is -2.34.